The molecule has 0 heterocycles. The normalized spacial score (nSPS) is 9.67. The van der Waals surface area contributed by atoms with Crippen LogP contribution in [0.3, 0.4) is 0 Å². The highest BCUT2D eigenvalue weighted by Crippen LogP contribution is 2.29. The van der Waals surface area contributed by atoms with Crippen LogP contribution in [0, 0.1) is 0 Å². The van der Waals surface area contributed by atoms with Crippen LogP contribution in [-0.2, 0) is 4.79 Å². The van der Waals surface area contributed by atoms with Gasteiger partial charge in [0, 0.05) is 6.07 Å². The summed E-state index contributed by atoms with van der Waals surface area (Å²) in [6.07, 6.45) is 0. The Hall–Kier alpha value is -1.89. The molecule has 7 heteroatoms. The monoisotopic (exact) mass is 270 g/mol. The van der Waals surface area contributed by atoms with Crippen molar-refractivity contribution in [2.75, 3.05) is 25.3 Å². The first-order chi connectivity index (χ1) is 8.56. The number of thioether (sulfide) groups is 1. The van der Waals surface area contributed by atoms with Crippen LogP contribution < -0.4 is 20.5 Å². The average molecular weight is 270 g/mol. The summed E-state index contributed by atoms with van der Waals surface area (Å²) in [5.74, 6) is 0.732. The molecule has 0 aliphatic heterocycles. The molecule has 0 spiro atoms. The Morgan fingerprint density at radius 1 is 1.33 bits per heavy atom. The number of primary amides is 1. The number of rotatable bonds is 5. The van der Waals surface area contributed by atoms with E-state index in [0.29, 0.717) is 17.2 Å². The molecule has 1 aromatic carbocycles. The summed E-state index contributed by atoms with van der Waals surface area (Å²) in [6, 6.07) is 5.00. The number of benzene rings is 1. The third-order valence-electron chi connectivity index (χ3n) is 2.03. The molecule has 1 rings (SSSR count). The van der Waals surface area contributed by atoms with Gasteiger partial charge in [-0.3, -0.25) is 9.59 Å². The lowest BCUT2D eigenvalue weighted by atomic mass is 10.2. The van der Waals surface area contributed by atoms with Crippen molar-refractivity contribution < 1.29 is 19.1 Å². The van der Waals surface area contributed by atoms with Crippen LogP contribution in [0.25, 0.3) is 0 Å². The van der Waals surface area contributed by atoms with E-state index in [1.807, 2.05) is 0 Å². The van der Waals surface area contributed by atoms with Crippen LogP contribution in [0.5, 0.6) is 11.5 Å². The standard InChI is InChI=1S/C11H14N2O4S/c1-16-7-3-4-8(9(5-7)17-2)13-10(14)6-18-11(12)15/h3-5H,6H2,1-2H3,(H2,12,15)(H,13,14). The number of carbonyl (C=O) groups excluding carboxylic acids is 2. The highest BCUT2D eigenvalue weighted by atomic mass is 32.2. The zero-order valence-corrected chi connectivity index (χ0v) is 10.9. The van der Waals surface area contributed by atoms with Gasteiger partial charge in [0.1, 0.15) is 11.5 Å². The van der Waals surface area contributed by atoms with Gasteiger partial charge >= 0.3 is 0 Å². The predicted molar refractivity (Wildman–Crippen MR) is 70.2 cm³/mol. The molecule has 98 valence electrons. The van der Waals surface area contributed by atoms with Gasteiger partial charge in [0.2, 0.25) is 5.91 Å². The van der Waals surface area contributed by atoms with E-state index in [2.05, 4.69) is 5.32 Å². The number of anilines is 1. The molecule has 2 amide bonds. The van der Waals surface area contributed by atoms with Gasteiger partial charge in [-0.15, -0.1) is 0 Å². The minimum atomic E-state index is -0.591. The number of hydrogen-bond acceptors (Lipinski definition) is 5. The lowest BCUT2D eigenvalue weighted by Gasteiger charge is -2.11. The average Bonchev–Trinajstić information content (AvgIpc) is 2.36. The Balaban J connectivity index is 2.71. The van der Waals surface area contributed by atoms with Crippen molar-refractivity contribution in [1.82, 2.24) is 0 Å². The quantitative estimate of drug-likeness (QED) is 0.845. The van der Waals surface area contributed by atoms with Crippen LogP contribution in [0.15, 0.2) is 18.2 Å². The zero-order chi connectivity index (χ0) is 13.5. The molecule has 0 saturated carbocycles. The Morgan fingerprint density at radius 2 is 2.06 bits per heavy atom. The second-order valence-corrected chi connectivity index (χ2v) is 4.20. The summed E-state index contributed by atoms with van der Waals surface area (Å²) < 4.78 is 10.2. The molecule has 6 nitrogen and oxygen atoms in total. The molecule has 0 aliphatic rings. The van der Waals surface area contributed by atoms with Gasteiger partial charge in [0.05, 0.1) is 25.7 Å². The smallest absolute Gasteiger partial charge is 0.276 e. The van der Waals surface area contributed by atoms with Gasteiger partial charge in [-0.25, -0.2) is 0 Å². The number of nitrogens with two attached hydrogens (primary N) is 1. The first-order valence-corrected chi connectivity index (χ1v) is 5.99. The van der Waals surface area contributed by atoms with E-state index in [4.69, 9.17) is 15.2 Å². The number of amides is 2. The van der Waals surface area contributed by atoms with E-state index < -0.39 is 5.24 Å². The first kappa shape index (κ1) is 14.2. The lowest BCUT2D eigenvalue weighted by molar-refractivity contribution is -0.113. The fourth-order valence-electron chi connectivity index (χ4n) is 1.22. The van der Waals surface area contributed by atoms with Gasteiger partial charge in [0.25, 0.3) is 5.24 Å². The van der Waals surface area contributed by atoms with Crippen molar-refractivity contribution in [3.8, 4) is 11.5 Å². The molecular formula is C11H14N2O4S. The van der Waals surface area contributed by atoms with Crippen molar-refractivity contribution >= 4 is 28.6 Å². The number of ether oxygens (including phenoxy) is 2. The summed E-state index contributed by atoms with van der Waals surface area (Å²) in [7, 11) is 3.03. The minimum absolute atomic E-state index is 0.0372. The Morgan fingerprint density at radius 3 is 2.61 bits per heavy atom. The van der Waals surface area contributed by atoms with Crippen molar-refractivity contribution in [3.63, 3.8) is 0 Å². The van der Waals surface area contributed by atoms with Crippen LogP contribution in [0.4, 0.5) is 10.5 Å². The summed E-state index contributed by atoms with van der Waals surface area (Å²) >= 11 is 0.741. The van der Waals surface area contributed by atoms with Crippen LogP contribution in [-0.4, -0.2) is 31.1 Å². The van der Waals surface area contributed by atoms with Crippen molar-refractivity contribution in [2.24, 2.45) is 5.73 Å². The second-order valence-electron chi connectivity index (χ2n) is 3.22. The Labute approximate surface area is 109 Å². The molecule has 0 aromatic heterocycles. The van der Waals surface area contributed by atoms with E-state index in [1.54, 1.807) is 18.2 Å². The number of nitrogens with one attached hydrogen (secondary N) is 1. The van der Waals surface area contributed by atoms with E-state index >= 15 is 0 Å². The molecule has 0 unspecified atom stereocenters. The summed E-state index contributed by atoms with van der Waals surface area (Å²) in [5, 5.41) is 2.03. The molecule has 0 radical (unpaired) electrons. The Bertz CT molecular complexity index is 451. The van der Waals surface area contributed by atoms with E-state index in [9.17, 15) is 9.59 Å². The Kier molecular flexibility index (Phi) is 5.31. The molecule has 18 heavy (non-hydrogen) atoms. The van der Waals surface area contributed by atoms with Crippen molar-refractivity contribution in [3.05, 3.63) is 18.2 Å². The van der Waals surface area contributed by atoms with Crippen molar-refractivity contribution in [1.29, 1.82) is 0 Å². The van der Waals surface area contributed by atoms with Gasteiger partial charge < -0.3 is 20.5 Å². The largest absolute Gasteiger partial charge is 0.497 e. The topological polar surface area (TPSA) is 90.6 Å². The molecule has 3 N–H and O–H groups in total. The predicted octanol–water partition coefficient (Wildman–Crippen LogP) is 1.45. The number of hydrogen-bond donors (Lipinski definition) is 2. The molecular weight excluding hydrogens is 256 g/mol. The fraction of sp³-hybridized carbons (Fsp3) is 0.273. The summed E-state index contributed by atoms with van der Waals surface area (Å²) in [4.78, 5) is 22.0. The third kappa shape index (κ3) is 4.17. The lowest BCUT2D eigenvalue weighted by Crippen LogP contribution is -2.17. The SMILES string of the molecule is COc1ccc(NC(=O)CSC(N)=O)c(OC)c1. The fourth-order valence-corrected chi connectivity index (χ4v) is 1.57. The summed E-state index contributed by atoms with van der Waals surface area (Å²) in [6.45, 7) is 0. The van der Waals surface area contributed by atoms with Crippen molar-refractivity contribution in [2.45, 2.75) is 0 Å². The van der Waals surface area contributed by atoms with Gasteiger partial charge in [0.15, 0.2) is 0 Å². The summed E-state index contributed by atoms with van der Waals surface area (Å²) in [5.41, 5.74) is 5.44. The second kappa shape index (κ2) is 6.75. The maximum Gasteiger partial charge on any atom is 0.276 e. The molecule has 0 aliphatic carbocycles. The van der Waals surface area contributed by atoms with E-state index in [1.165, 1.54) is 14.2 Å². The molecule has 0 saturated heterocycles. The number of carbonyl (C=O) groups is 2. The molecule has 1 aromatic rings. The van der Waals surface area contributed by atoms with E-state index in [-0.39, 0.29) is 11.7 Å². The van der Waals surface area contributed by atoms with Gasteiger partial charge in [-0.05, 0) is 12.1 Å². The third-order valence-corrected chi connectivity index (χ3v) is 2.72. The highest BCUT2D eigenvalue weighted by molar-refractivity contribution is 8.14. The van der Waals surface area contributed by atoms with E-state index in [0.717, 1.165) is 11.8 Å². The van der Waals surface area contributed by atoms with Crippen LogP contribution in [0.1, 0.15) is 0 Å². The molecule has 0 fully saturated rings. The minimum Gasteiger partial charge on any atom is -0.497 e. The maximum absolute atomic E-state index is 11.5. The molecule has 0 atom stereocenters. The number of methoxy groups -OCH3 is 2. The highest BCUT2D eigenvalue weighted by Gasteiger charge is 2.10. The van der Waals surface area contributed by atoms with Crippen LogP contribution in [0.2, 0.25) is 0 Å². The maximum atomic E-state index is 11.5. The first-order valence-electron chi connectivity index (χ1n) is 5.01. The zero-order valence-electron chi connectivity index (χ0n) is 10.1. The van der Waals surface area contributed by atoms with Gasteiger partial charge in [-0.1, -0.05) is 11.8 Å². The van der Waals surface area contributed by atoms with Crippen LogP contribution >= 0.6 is 11.8 Å². The van der Waals surface area contributed by atoms with Gasteiger partial charge in [-0.2, -0.15) is 0 Å². The molecule has 0 bridgehead atoms.